The van der Waals surface area contributed by atoms with Crippen molar-refractivity contribution in [1.29, 1.82) is 0 Å². The third-order valence-corrected chi connectivity index (χ3v) is 2.93. The van der Waals surface area contributed by atoms with Crippen LogP contribution in [0.2, 0.25) is 0 Å². The average Bonchev–Trinajstić information content (AvgIpc) is 2.72. The molecule has 0 radical (unpaired) electrons. The summed E-state index contributed by atoms with van der Waals surface area (Å²) in [7, 11) is 0. The summed E-state index contributed by atoms with van der Waals surface area (Å²) in [5.41, 5.74) is 5.09. The van der Waals surface area contributed by atoms with Crippen molar-refractivity contribution in [2.45, 2.75) is 20.1 Å². The van der Waals surface area contributed by atoms with Gasteiger partial charge >= 0.3 is 0 Å². The van der Waals surface area contributed by atoms with E-state index in [1.807, 2.05) is 42.6 Å². The predicted molar refractivity (Wildman–Crippen MR) is 64.9 cm³/mol. The van der Waals surface area contributed by atoms with E-state index in [1.54, 1.807) is 11.3 Å². The average molecular weight is 234 g/mol. The van der Waals surface area contributed by atoms with Gasteiger partial charge in [0.05, 0.1) is 23.9 Å². The molecule has 2 rings (SSSR count). The van der Waals surface area contributed by atoms with Crippen LogP contribution in [0.5, 0.6) is 0 Å². The minimum atomic E-state index is 0.573. The van der Waals surface area contributed by atoms with E-state index in [0.29, 0.717) is 13.2 Å². The first kappa shape index (κ1) is 11.3. The Bertz CT molecular complexity index is 428. The number of hydrogen-bond acceptors (Lipinski definition) is 4. The quantitative estimate of drug-likeness (QED) is 0.638. The fourth-order valence-electron chi connectivity index (χ4n) is 1.32. The highest BCUT2D eigenvalue weighted by Crippen LogP contribution is 2.07. The summed E-state index contributed by atoms with van der Waals surface area (Å²) < 4.78 is 0. The van der Waals surface area contributed by atoms with Crippen molar-refractivity contribution in [3.8, 4) is 0 Å². The Labute approximate surface area is 99.1 Å². The number of benzene rings is 1. The molecule has 4 heteroatoms. The minimum Gasteiger partial charge on any atom is -0.297 e. The molecule has 0 saturated carbocycles. The van der Waals surface area contributed by atoms with Gasteiger partial charge in [-0.1, -0.05) is 30.3 Å². The molecule has 0 atom stereocenters. The zero-order valence-electron chi connectivity index (χ0n) is 9.14. The summed E-state index contributed by atoms with van der Waals surface area (Å²) in [6.07, 6.45) is 0. The minimum absolute atomic E-state index is 0.573. The van der Waals surface area contributed by atoms with Gasteiger partial charge in [0.1, 0.15) is 0 Å². The topological polar surface area (TPSA) is 34.2 Å². The van der Waals surface area contributed by atoms with Crippen LogP contribution in [0.25, 0.3) is 0 Å². The predicted octanol–water partition coefficient (Wildman–Crippen LogP) is 2.67. The van der Waals surface area contributed by atoms with Gasteiger partial charge < -0.3 is 0 Å². The first-order valence-electron chi connectivity index (χ1n) is 5.14. The summed E-state index contributed by atoms with van der Waals surface area (Å²) in [5, 5.41) is 3.12. The molecular formula is C12H14N2OS. The molecule has 1 N–H and O–H groups in total. The molecule has 0 aliphatic rings. The third kappa shape index (κ3) is 3.41. The van der Waals surface area contributed by atoms with Crippen molar-refractivity contribution in [1.82, 2.24) is 10.5 Å². The number of aromatic nitrogens is 1. The van der Waals surface area contributed by atoms with Crippen LogP contribution >= 0.6 is 11.3 Å². The van der Waals surface area contributed by atoms with Crippen LogP contribution in [0.1, 0.15) is 16.3 Å². The zero-order valence-corrected chi connectivity index (χ0v) is 9.96. The van der Waals surface area contributed by atoms with Crippen LogP contribution in [-0.4, -0.2) is 4.98 Å². The Kier molecular flexibility index (Phi) is 4.04. The lowest BCUT2D eigenvalue weighted by molar-refractivity contribution is 0.0229. The number of nitrogens with zero attached hydrogens (tertiary/aromatic N) is 1. The lowest BCUT2D eigenvalue weighted by atomic mass is 10.2. The molecule has 1 heterocycles. The lowest BCUT2D eigenvalue weighted by Gasteiger charge is -2.03. The molecule has 0 amide bonds. The van der Waals surface area contributed by atoms with E-state index in [4.69, 9.17) is 4.84 Å². The molecule has 0 saturated heterocycles. The normalized spacial score (nSPS) is 10.6. The van der Waals surface area contributed by atoms with E-state index in [1.165, 1.54) is 0 Å². The molecule has 0 aliphatic heterocycles. The Balaban J connectivity index is 1.69. The molecule has 2 aromatic rings. The Morgan fingerprint density at radius 3 is 2.81 bits per heavy atom. The van der Waals surface area contributed by atoms with Crippen LogP contribution < -0.4 is 5.48 Å². The van der Waals surface area contributed by atoms with Crippen LogP contribution in [0, 0.1) is 6.92 Å². The molecule has 84 valence electrons. The highest BCUT2D eigenvalue weighted by molar-refractivity contribution is 7.09. The van der Waals surface area contributed by atoms with Gasteiger partial charge in [-0.25, -0.2) is 4.98 Å². The molecule has 0 fully saturated rings. The van der Waals surface area contributed by atoms with Crippen molar-refractivity contribution in [3.63, 3.8) is 0 Å². The highest BCUT2D eigenvalue weighted by Gasteiger charge is 1.97. The van der Waals surface area contributed by atoms with Crippen molar-refractivity contribution < 1.29 is 4.84 Å². The first-order valence-corrected chi connectivity index (χ1v) is 6.02. The molecule has 3 nitrogen and oxygen atoms in total. The number of hydroxylamine groups is 1. The van der Waals surface area contributed by atoms with Crippen LogP contribution in [-0.2, 0) is 18.0 Å². The SMILES string of the molecule is Cc1nc(CNOCc2ccccc2)cs1. The lowest BCUT2D eigenvalue weighted by Crippen LogP contribution is -2.14. The second-order valence-electron chi connectivity index (χ2n) is 3.45. The van der Waals surface area contributed by atoms with Gasteiger partial charge in [0, 0.05) is 5.38 Å². The standard InChI is InChI=1S/C12H14N2OS/c1-10-14-12(9-16-10)7-13-15-8-11-5-3-2-4-6-11/h2-6,9,13H,7-8H2,1H3. The number of aryl methyl sites for hydroxylation is 1. The van der Waals surface area contributed by atoms with E-state index < -0.39 is 0 Å². The summed E-state index contributed by atoms with van der Waals surface area (Å²) in [6.45, 7) is 3.22. The molecule has 16 heavy (non-hydrogen) atoms. The molecule has 0 aliphatic carbocycles. The highest BCUT2D eigenvalue weighted by atomic mass is 32.1. The van der Waals surface area contributed by atoms with Gasteiger partial charge in [0.2, 0.25) is 0 Å². The molecule has 0 spiro atoms. The summed E-state index contributed by atoms with van der Waals surface area (Å²) in [6, 6.07) is 10.1. The van der Waals surface area contributed by atoms with Crippen molar-refractivity contribution in [3.05, 3.63) is 52.0 Å². The van der Waals surface area contributed by atoms with Crippen molar-refractivity contribution >= 4 is 11.3 Å². The maximum absolute atomic E-state index is 5.35. The van der Waals surface area contributed by atoms with Crippen molar-refractivity contribution in [2.75, 3.05) is 0 Å². The van der Waals surface area contributed by atoms with Gasteiger partial charge in [-0.05, 0) is 12.5 Å². The molecule has 1 aromatic heterocycles. The molecule has 0 unspecified atom stereocenters. The van der Waals surface area contributed by atoms with Crippen LogP contribution in [0.15, 0.2) is 35.7 Å². The van der Waals surface area contributed by atoms with Gasteiger partial charge in [0.25, 0.3) is 0 Å². The largest absolute Gasteiger partial charge is 0.297 e. The van der Waals surface area contributed by atoms with Crippen LogP contribution in [0.4, 0.5) is 0 Å². The van der Waals surface area contributed by atoms with E-state index in [0.717, 1.165) is 16.3 Å². The van der Waals surface area contributed by atoms with Gasteiger partial charge in [-0.15, -0.1) is 11.3 Å². The molecule has 0 bridgehead atoms. The molecule has 1 aromatic carbocycles. The Morgan fingerprint density at radius 2 is 2.12 bits per heavy atom. The second kappa shape index (κ2) is 5.75. The number of thiazole rings is 1. The fraction of sp³-hybridized carbons (Fsp3) is 0.250. The van der Waals surface area contributed by atoms with Gasteiger partial charge in [-0.3, -0.25) is 4.84 Å². The number of hydrogen-bond donors (Lipinski definition) is 1. The third-order valence-electron chi connectivity index (χ3n) is 2.10. The van der Waals surface area contributed by atoms with Crippen molar-refractivity contribution in [2.24, 2.45) is 0 Å². The summed E-state index contributed by atoms with van der Waals surface area (Å²) in [4.78, 5) is 9.68. The van der Waals surface area contributed by atoms with E-state index in [9.17, 15) is 0 Å². The fourth-order valence-corrected chi connectivity index (χ4v) is 1.94. The monoisotopic (exact) mass is 234 g/mol. The Hall–Kier alpha value is -1.23. The maximum atomic E-state index is 5.35. The van der Waals surface area contributed by atoms with E-state index in [2.05, 4.69) is 10.5 Å². The smallest absolute Gasteiger partial charge is 0.0933 e. The van der Waals surface area contributed by atoms with E-state index >= 15 is 0 Å². The Morgan fingerprint density at radius 1 is 1.31 bits per heavy atom. The number of rotatable bonds is 5. The van der Waals surface area contributed by atoms with Gasteiger partial charge in [-0.2, -0.15) is 5.48 Å². The number of nitrogens with one attached hydrogen (secondary N) is 1. The molecular weight excluding hydrogens is 220 g/mol. The second-order valence-corrected chi connectivity index (χ2v) is 4.52. The van der Waals surface area contributed by atoms with Gasteiger partial charge in [0.15, 0.2) is 0 Å². The van der Waals surface area contributed by atoms with E-state index in [-0.39, 0.29) is 0 Å². The maximum Gasteiger partial charge on any atom is 0.0933 e. The first-order chi connectivity index (χ1) is 7.84. The summed E-state index contributed by atoms with van der Waals surface area (Å²) >= 11 is 1.65. The summed E-state index contributed by atoms with van der Waals surface area (Å²) in [5.74, 6) is 0. The zero-order chi connectivity index (χ0) is 11.2. The van der Waals surface area contributed by atoms with Crippen LogP contribution in [0.3, 0.4) is 0 Å².